The molecule has 0 radical (unpaired) electrons. The number of hydrogen-bond acceptors (Lipinski definition) is 6. The van der Waals surface area contributed by atoms with E-state index in [9.17, 15) is 4.79 Å². The van der Waals surface area contributed by atoms with Crippen molar-refractivity contribution in [2.24, 2.45) is 0 Å². The fraction of sp³-hybridized carbons (Fsp3) is 0.150. The molecule has 0 saturated carbocycles. The zero-order chi connectivity index (χ0) is 19.8. The molecule has 0 saturated heterocycles. The van der Waals surface area contributed by atoms with Crippen molar-refractivity contribution in [3.05, 3.63) is 66.0 Å². The number of carbonyl (C=O) groups is 1. The second-order valence-electron chi connectivity index (χ2n) is 6.56. The number of nitrogens with zero attached hydrogens (tertiary/aromatic N) is 5. The molecule has 0 spiro atoms. The van der Waals surface area contributed by atoms with Crippen LogP contribution < -0.4 is 5.32 Å². The molecule has 0 fully saturated rings. The van der Waals surface area contributed by atoms with Gasteiger partial charge < -0.3 is 14.8 Å². The van der Waals surface area contributed by atoms with Gasteiger partial charge in [-0.05, 0) is 35.7 Å². The summed E-state index contributed by atoms with van der Waals surface area (Å²) in [4.78, 5) is 20.0. The lowest BCUT2D eigenvalue weighted by Crippen LogP contribution is -2.24. The maximum Gasteiger partial charge on any atom is 0.261 e. The maximum atomic E-state index is 12.6. The summed E-state index contributed by atoms with van der Waals surface area (Å²) in [6.45, 7) is 2.19. The van der Waals surface area contributed by atoms with E-state index in [2.05, 4.69) is 30.6 Å². The molecule has 0 aliphatic carbocycles. The van der Waals surface area contributed by atoms with Gasteiger partial charge in [0.25, 0.3) is 11.8 Å². The first-order chi connectivity index (χ1) is 14.2. The van der Waals surface area contributed by atoms with Crippen molar-refractivity contribution >= 4 is 22.5 Å². The largest absolute Gasteiger partial charge is 0.361 e. The van der Waals surface area contributed by atoms with Crippen LogP contribution in [-0.2, 0) is 13.0 Å². The molecule has 9 heteroatoms. The molecule has 1 amide bonds. The second-order valence-corrected chi connectivity index (χ2v) is 6.56. The number of H-pyrrole nitrogens is 1. The summed E-state index contributed by atoms with van der Waals surface area (Å²) in [5.74, 6) is 1.45. The molecular formula is C20H17N7O2. The summed E-state index contributed by atoms with van der Waals surface area (Å²) >= 11 is 0. The van der Waals surface area contributed by atoms with E-state index in [-0.39, 0.29) is 12.5 Å². The van der Waals surface area contributed by atoms with Gasteiger partial charge in [0.2, 0.25) is 0 Å². The van der Waals surface area contributed by atoms with Gasteiger partial charge in [0, 0.05) is 29.9 Å². The Morgan fingerprint density at radius 1 is 1.24 bits per heavy atom. The summed E-state index contributed by atoms with van der Waals surface area (Å²) in [5, 5.41) is 16.3. The van der Waals surface area contributed by atoms with E-state index in [4.69, 9.17) is 4.52 Å². The smallest absolute Gasteiger partial charge is 0.261 e. The molecule has 4 heterocycles. The lowest BCUT2D eigenvalue weighted by atomic mass is 10.1. The third kappa shape index (κ3) is 3.02. The van der Waals surface area contributed by atoms with Crippen LogP contribution in [0.1, 0.15) is 28.9 Å². The number of rotatable bonds is 5. The van der Waals surface area contributed by atoms with Crippen molar-refractivity contribution in [2.75, 3.05) is 0 Å². The third-order valence-corrected chi connectivity index (χ3v) is 4.74. The van der Waals surface area contributed by atoms with E-state index in [1.54, 1.807) is 10.5 Å². The van der Waals surface area contributed by atoms with Crippen molar-refractivity contribution in [2.45, 2.75) is 19.9 Å². The van der Waals surface area contributed by atoms with Crippen molar-refractivity contribution in [1.82, 2.24) is 35.0 Å². The highest BCUT2D eigenvalue weighted by Crippen LogP contribution is 2.22. The molecule has 0 atom stereocenters. The molecule has 2 N–H and O–H groups in total. The molecule has 0 bridgehead atoms. The zero-order valence-corrected chi connectivity index (χ0v) is 15.6. The van der Waals surface area contributed by atoms with Crippen LogP contribution in [0.25, 0.3) is 28.0 Å². The molecular weight excluding hydrogens is 370 g/mol. The van der Waals surface area contributed by atoms with E-state index in [1.165, 1.54) is 0 Å². The average Bonchev–Trinajstić information content (AvgIpc) is 3.50. The van der Waals surface area contributed by atoms with E-state index < -0.39 is 0 Å². The van der Waals surface area contributed by atoms with Crippen LogP contribution in [0.5, 0.6) is 0 Å². The minimum absolute atomic E-state index is 0.182. The monoisotopic (exact) mass is 387 g/mol. The first-order valence-electron chi connectivity index (χ1n) is 9.24. The van der Waals surface area contributed by atoms with Crippen LogP contribution in [-0.4, -0.2) is 35.6 Å². The van der Waals surface area contributed by atoms with Gasteiger partial charge in [-0.3, -0.25) is 9.20 Å². The van der Waals surface area contributed by atoms with E-state index in [0.29, 0.717) is 40.7 Å². The maximum absolute atomic E-state index is 12.6. The molecule has 9 nitrogen and oxygen atoms in total. The lowest BCUT2D eigenvalue weighted by Gasteiger charge is -2.05. The number of aryl methyl sites for hydroxylation is 1. The van der Waals surface area contributed by atoms with E-state index in [1.807, 2.05) is 49.6 Å². The zero-order valence-electron chi connectivity index (χ0n) is 15.6. The van der Waals surface area contributed by atoms with Gasteiger partial charge in [0.1, 0.15) is 0 Å². The SMILES string of the molecule is CCc1noc(-c2cccn3c(CNC(=O)c4ccc5cc[nH]c5c4)nnc23)n1. The van der Waals surface area contributed by atoms with Crippen molar-refractivity contribution in [3.8, 4) is 11.5 Å². The molecule has 0 aliphatic heterocycles. The second kappa shape index (κ2) is 6.86. The normalized spacial score (nSPS) is 11.3. The van der Waals surface area contributed by atoms with Crippen molar-refractivity contribution < 1.29 is 9.32 Å². The summed E-state index contributed by atoms with van der Waals surface area (Å²) in [6, 6.07) is 11.2. The first-order valence-corrected chi connectivity index (χ1v) is 9.24. The Balaban J connectivity index is 1.39. The summed E-state index contributed by atoms with van der Waals surface area (Å²) in [6.07, 6.45) is 4.37. The van der Waals surface area contributed by atoms with Gasteiger partial charge in [-0.1, -0.05) is 18.1 Å². The number of amides is 1. The van der Waals surface area contributed by atoms with Crippen LogP contribution in [0.4, 0.5) is 0 Å². The van der Waals surface area contributed by atoms with Gasteiger partial charge in [-0.15, -0.1) is 10.2 Å². The average molecular weight is 387 g/mol. The summed E-state index contributed by atoms with van der Waals surface area (Å²) < 4.78 is 7.13. The number of fused-ring (bicyclic) bond motifs is 2. The minimum atomic E-state index is -0.182. The standard InChI is InChI=1S/C20H17N7O2/c1-2-16-23-20(29-26-16)14-4-3-9-27-17(24-25-18(14)27)11-22-19(28)13-6-5-12-7-8-21-15(12)10-13/h3-10,21H,2,11H2,1H3,(H,22,28). The van der Waals surface area contributed by atoms with Crippen LogP contribution in [0.15, 0.2) is 53.3 Å². The number of pyridine rings is 1. The Labute approximate surface area is 164 Å². The van der Waals surface area contributed by atoms with Crippen molar-refractivity contribution in [3.63, 3.8) is 0 Å². The van der Waals surface area contributed by atoms with E-state index in [0.717, 1.165) is 10.9 Å². The Morgan fingerprint density at radius 2 is 2.17 bits per heavy atom. The van der Waals surface area contributed by atoms with Crippen LogP contribution in [0, 0.1) is 0 Å². The highest BCUT2D eigenvalue weighted by atomic mass is 16.5. The van der Waals surface area contributed by atoms with Crippen molar-refractivity contribution in [1.29, 1.82) is 0 Å². The van der Waals surface area contributed by atoms with Crippen LogP contribution >= 0.6 is 0 Å². The van der Waals surface area contributed by atoms with Crippen LogP contribution in [0.2, 0.25) is 0 Å². The van der Waals surface area contributed by atoms with Gasteiger partial charge in [-0.25, -0.2) is 0 Å². The number of benzene rings is 1. The fourth-order valence-electron chi connectivity index (χ4n) is 3.21. The summed E-state index contributed by atoms with van der Waals surface area (Å²) in [5.41, 5.74) is 2.78. The molecule has 0 aliphatic rings. The molecule has 5 aromatic rings. The Bertz CT molecular complexity index is 1330. The highest BCUT2D eigenvalue weighted by molar-refractivity contribution is 5.97. The predicted molar refractivity (Wildman–Crippen MR) is 105 cm³/mol. The predicted octanol–water partition coefficient (Wildman–Crippen LogP) is 2.75. The van der Waals surface area contributed by atoms with Gasteiger partial charge in [0.05, 0.1) is 12.1 Å². The topological polar surface area (TPSA) is 114 Å². The van der Waals surface area contributed by atoms with Gasteiger partial charge in [-0.2, -0.15) is 4.98 Å². The Morgan fingerprint density at radius 3 is 3.03 bits per heavy atom. The Hall–Kier alpha value is -4.01. The fourth-order valence-corrected chi connectivity index (χ4v) is 3.21. The number of aromatic nitrogens is 6. The van der Waals surface area contributed by atoms with Gasteiger partial charge >= 0.3 is 0 Å². The summed E-state index contributed by atoms with van der Waals surface area (Å²) in [7, 11) is 0. The molecule has 5 rings (SSSR count). The van der Waals surface area contributed by atoms with Crippen LogP contribution in [0.3, 0.4) is 0 Å². The van der Waals surface area contributed by atoms with E-state index >= 15 is 0 Å². The molecule has 0 unspecified atom stereocenters. The number of carbonyl (C=O) groups excluding carboxylic acids is 1. The molecule has 4 aromatic heterocycles. The first kappa shape index (κ1) is 17.1. The Kier molecular flexibility index (Phi) is 4.05. The molecule has 1 aromatic carbocycles. The number of nitrogens with one attached hydrogen (secondary N) is 2. The molecule has 29 heavy (non-hydrogen) atoms. The molecule has 144 valence electrons. The number of hydrogen-bond donors (Lipinski definition) is 2. The third-order valence-electron chi connectivity index (χ3n) is 4.74. The number of aromatic amines is 1. The quantitative estimate of drug-likeness (QED) is 0.479. The highest BCUT2D eigenvalue weighted by Gasteiger charge is 2.16. The lowest BCUT2D eigenvalue weighted by molar-refractivity contribution is 0.0950. The van der Waals surface area contributed by atoms with Gasteiger partial charge in [0.15, 0.2) is 17.3 Å². The minimum Gasteiger partial charge on any atom is -0.361 e.